The average Bonchev–Trinajstić information content (AvgIpc) is 2.68. The minimum Gasteiger partial charge on any atom is -0.480 e. The van der Waals surface area contributed by atoms with Gasteiger partial charge in [0.15, 0.2) is 0 Å². The van der Waals surface area contributed by atoms with Crippen LogP contribution in [0.4, 0.5) is 0 Å². The highest BCUT2D eigenvalue weighted by Crippen LogP contribution is 2.24. The van der Waals surface area contributed by atoms with E-state index < -0.39 is 11.5 Å². The number of nitrogens with zero attached hydrogens (tertiary/aromatic N) is 1. The summed E-state index contributed by atoms with van der Waals surface area (Å²) < 4.78 is 0. The lowest BCUT2D eigenvalue weighted by Crippen LogP contribution is -2.47. The predicted octanol–water partition coefficient (Wildman–Crippen LogP) is 2.98. The molecule has 0 aromatic heterocycles. The molecule has 2 atom stereocenters. The van der Waals surface area contributed by atoms with Crippen molar-refractivity contribution < 1.29 is 9.90 Å². The third-order valence-corrected chi connectivity index (χ3v) is 5.23. The zero-order valence-corrected chi connectivity index (χ0v) is 14.3. The number of carbonyl (C=O) groups is 1. The highest BCUT2D eigenvalue weighted by molar-refractivity contribution is 5.78. The van der Waals surface area contributed by atoms with Gasteiger partial charge < -0.3 is 15.3 Å². The lowest BCUT2D eigenvalue weighted by atomic mass is 9.89. The van der Waals surface area contributed by atoms with Crippen LogP contribution in [0, 0.1) is 11.8 Å². The quantitative estimate of drug-likeness (QED) is 0.676. The molecule has 1 saturated heterocycles. The van der Waals surface area contributed by atoms with E-state index in [1.54, 1.807) is 14.0 Å². The Morgan fingerprint density at radius 3 is 2.62 bits per heavy atom. The van der Waals surface area contributed by atoms with E-state index >= 15 is 0 Å². The van der Waals surface area contributed by atoms with Crippen LogP contribution in [0.1, 0.15) is 59.3 Å². The zero-order chi connectivity index (χ0) is 15.9. The Balaban J connectivity index is 2.25. The maximum atomic E-state index is 11.2. The first-order valence-corrected chi connectivity index (χ1v) is 8.53. The molecule has 124 valence electrons. The number of hydrogen-bond donors (Lipinski definition) is 2. The topological polar surface area (TPSA) is 52.6 Å². The van der Waals surface area contributed by atoms with Crippen molar-refractivity contribution in [3.05, 3.63) is 0 Å². The van der Waals surface area contributed by atoms with Gasteiger partial charge in [-0.15, -0.1) is 0 Å². The largest absolute Gasteiger partial charge is 0.480 e. The molecule has 0 aromatic rings. The highest BCUT2D eigenvalue weighted by atomic mass is 16.4. The molecule has 0 aliphatic carbocycles. The summed E-state index contributed by atoms with van der Waals surface area (Å²) in [6.07, 6.45) is 6.75. The third kappa shape index (κ3) is 5.95. The molecule has 1 heterocycles. The predicted molar refractivity (Wildman–Crippen MR) is 87.6 cm³/mol. The van der Waals surface area contributed by atoms with Gasteiger partial charge in [-0.2, -0.15) is 0 Å². The van der Waals surface area contributed by atoms with E-state index in [2.05, 4.69) is 24.1 Å². The second-order valence-electron chi connectivity index (χ2n) is 7.12. The lowest BCUT2D eigenvalue weighted by Gasteiger charge is -2.25. The first-order valence-electron chi connectivity index (χ1n) is 8.53. The molecular formula is C17H34N2O2. The second-order valence-corrected chi connectivity index (χ2v) is 7.12. The van der Waals surface area contributed by atoms with Crippen molar-refractivity contribution >= 4 is 5.97 Å². The molecule has 1 aliphatic rings. The first-order chi connectivity index (χ1) is 9.89. The number of carboxylic acid groups (broad SMARTS) is 1. The Morgan fingerprint density at radius 1 is 1.33 bits per heavy atom. The number of likely N-dealkylation sites (tertiary alicyclic amines) is 1. The number of aliphatic carboxylic acids is 1. The number of carboxylic acids is 1. The molecule has 1 fully saturated rings. The Bertz CT molecular complexity index is 320. The summed E-state index contributed by atoms with van der Waals surface area (Å²) in [6, 6.07) is 0. The minimum absolute atomic E-state index is 0.696. The van der Waals surface area contributed by atoms with Crippen molar-refractivity contribution in [2.45, 2.75) is 64.8 Å². The fourth-order valence-electron chi connectivity index (χ4n) is 3.22. The van der Waals surface area contributed by atoms with Gasteiger partial charge in [0.25, 0.3) is 0 Å². The molecule has 0 aromatic carbocycles. The van der Waals surface area contributed by atoms with Gasteiger partial charge in [-0.1, -0.05) is 13.8 Å². The Morgan fingerprint density at radius 2 is 2.05 bits per heavy atom. The van der Waals surface area contributed by atoms with Gasteiger partial charge in [0.2, 0.25) is 0 Å². The molecule has 2 N–H and O–H groups in total. The van der Waals surface area contributed by atoms with Crippen molar-refractivity contribution in [1.29, 1.82) is 0 Å². The van der Waals surface area contributed by atoms with Crippen LogP contribution in [-0.4, -0.2) is 48.2 Å². The van der Waals surface area contributed by atoms with Crippen LogP contribution in [0.5, 0.6) is 0 Å². The number of hydrogen-bond acceptors (Lipinski definition) is 3. The molecule has 0 bridgehead atoms. The fourth-order valence-corrected chi connectivity index (χ4v) is 3.22. The molecule has 0 radical (unpaired) electrons. The summed E-state index contributed by atoms with van der Waals surface area (Å²) in [6.45, 7) is 9.99. The lowest BCUT2D eigenvalue weighted by molar-refractivity contribution is -0.144. The van der Waals surface area contributed by atoms with Crippen LogP contribution in [-0.2, 0) is 4.79 Å². The number of likely N-dealkylation sites (N-methyl/N-ethyl adjacent to an activating group) is 1. The van der Waals surface area contributed by atoms with E-state index in [0.29, 0.717) is 6.42 Å². The number of unbranched alkanes of at least 4 members (excludes halogenated alkanes) is 1. The molecule has 0 spiro atoms. The van der Waals surface area contributed by atoms with Crippen molar-refractivity contribution in [2.75, 3.05) is 26.7 Å². The molecule has 2 unspecified atom stereocenters. The maximum absolute atomic E-state index is 11.2. The van der Waals surface area contributed by atoms with Gasteiger partial charge in [0.1, 0.15) is 5.54 Å². The summed E-state index contributed by atoms with van der Waals surface area (Å²) in [5, 5.41) is 12.2. The van der Waals surface area contributed by atoms with E-state index in [9.17, 15) is 9.90 Å². The van der Waals surface area contributed by atoms with Crippen LogP contribution < -0.4 is 5.32 Å². The van der Waals surface area contributed by atoms with E-state index in [1.807, 2.05) is 0 Å². The van der Waals surface area contributed by atoms with Gasteiger partial charge in [-0.25, -0.2) is 0 Å². The molecule has 0 amide bonds. The van der Waals surface area contributed by atoms with Crippen LogP contribution in [0.25, 0.3) is 0 Å². The van der Waals surface area contributed by atoms with Crippen LogP contribution in [0.3, 0.4) is 0 Å². The van der Waals surface area contributed by atoms with E-state index in [4.69, 9.17) is 0 Å². The summed E-state index contributed by atoms with van der Waals surface area (Å²) in [4.78, 5) is 13.8. The highest BCUT2D eigenvalue weighted by Gasteiger charge is 2.30. The maximum Gasteiger partial charge on any atom is 0.323 e. The third-order valence-electron chi connectivity index (χ3n) is 5.23. The van der Waals surface area contributed by atoms with Crippen molar-refractivity contribution in [2.24, 2.45) is 11.8 Å². The molecule has 1 rings (SSSR count). The fraction of sp³-hybridized carbons (Fsp3) is 0.941. The standard InChI is InChI=1S/C17H34N2O2/c1-14(2)15-8-7-12-19(13-9-15)11-6-5-10-17(3,18-4)16(20)21/h14-15,18H,5-13H2,1-4H3,(H,20,21). The van der Waals surface area contributed by atoms with E-state index in [0.717, 1.165) is 31.2 Å². The zero-order valence-electron chi connectivity index (χ0n) is 14.3. The Hall–Kier alpha value is -0.610. The summed E-state index contributed by atoms with van der Waals surface area (Å²) >= 11 is 0. The average molecular weight is 298 g/mol. The van der Waals surface area contributed by atoms with Gasteiger partial charge in [-0.3, -0.25) is 4.79 Å². The van der Waals surface area contributed by atoms with Gasteiger partial charge in [0, 0.05) is 0 Å². The van der Waals surface area contributed by atoms with E-state index in [-0.39, 0.29) is 0 Å². The SMILES string of the molecule is CNC(C)(CCCCN1CCCC(C(C)C)CC1)C(=O)O. The van der Waals surface area contributed by atoms with Gasteiger partial charge in [0.05, 0.1) is 0 Å². The Labute approximate surface area is 130 Å². The van der Waals surface area contributed by atoms with E-state index in [1.165, 1.54) is 32.4 Å². The molecular weight excluding hydrogens is 264 g/mol. The molecule has 4 heteroatoms. The first kappa shape index (κ1) is 18.4. The van der Waals surface area contributed by atoms with Crippen molar-refractivity contribution in [3.63, 3.8) is 0 Å². The number of rotatable bonds is 8. The smallest absolute Gasteiger partial charge is 0.323 e. The summed E-state index contributed by atoms with van der Waals surface area (Å²) in [5.41, 5.74) is -0.776. The summed E-state index contributed by atoms with van der Waals surface area (Å²) in [7, 11) is 1.73. The normalized spacial score (nSPS) is 23.8. The molecule has 21 heavy (non-hydrogen) atoms. The molecule has 1 aliphatic heterocycles. The monoisotopic (exact) mass is 298 g/mol. The van der Waals surface area contributed by atoms with Crippen molar-refractivity contribution in [3.8, 4) is 0 Å². The van der Waals surface area contributed by atoms with Crippen LogP contribution in [0.2, 0.25) is 0 Å². The van der Waals surface area contributed by atoms with Crippen LogP contribution in [0.15, 0.2) is 0 Å². The van der Waals surface area contributed by atoms with Crippen molar-refractivity contribution in [1.82, 2.24) is 10.2 Å². The molecule has 0 saturated carbocycles. The Kier molecular flexibility index (Phi) is 7.67. The minimum atomic E-state index is -0.776. The summed E-state index contributed by atoms with van der Waals surface area (Å²) in [5.74, 6) is 0.936. The van der Waals surface area contributed by atoms with Gasteiger partial charge in [-0.05, 0) is 84.0 Å². The molecule has 4 nitrogen and oxygen atoms in total. The second kappa shape index (κ2) is 8.74. The number of nitrogens with one attached hydrogen (secondary N) is 1. The van der Waals surface area contributed by atoms with Crippen LogP contribution >= 0.6 is 0 Å². The van der Waals surface area contributed by atoms with Gasteiger partial charge >= 0.3 is 5.97 Å².